The van der Waals surface area contributed by atoms with Gasteiger partial charge < -0.3 is 13.7 Å². The number of aromatic nitrogens is 5. The van der Waals surface area contributed by atoms with Crippen LogP contribution in [-0.4, -0.2) is 18.7 Å². The van der Waals surface area contributed by atoms with Crippen LogP contribution in [0.4, 0.5) is 0 Å². The van der Waals surface area contributed by atoms with Crippen molar-refractivity contribution in [2.24, 2.45) is 0 Å². The zero-order valence-corrected chi connectivity index (χ0v) is 54.7. The average Bonchev–Trinajstić information content (AvgIpc) is 1.56. The van der Waals surface area contributed by atoms with E-state index in [1.165, 1.54) is 0 Å². The van der Waals surface area contributed by atoms with Gasteiger partial charge >= 0.3 is 0 Å². The Morgan fingerprint density at radius 2 is 0.960 bits per heavy atom. The number of ether oxygens (including phenoxy) is 1. The number of hydrogen-bond acceptors (Lipinski definition) is 3. The Morgan fingerprint density at radius 1 is 0.396 bits per heavy atom. The fraction of sp³-hybridized carbons (Fsp3) is 0.0426. The summed E-state index contributed by atoms with van der Waals surface area (Å²) in [5.41, 5.74) is 13.9. The van der Waals surface area contributed by atoms with Crippen molar-refractivity contribution in [3.05, 3.63) is 339 Å². The number of hydrogen-bond donors (Lipinski definition) is 0. The number of para-hydroxylation sites is 5. The van der Waals surface area contributed by atoms with Crippen LogP contribution in [-0.2, 0) is 5.41 Å². The second-order valence-corrected chi connectivity index (χ2v) is 26.6. The minimum atomic E-state index is -0.748. The molecule has 101 heavy (non-hydrogen) atoms. The van der Waals surface area contributed by atoms with Crippen LogP contribution < -0.4 is 9.30 Å². The van der Waals surface area contributed by atoms with Crippen molar-refractivity contribution >= 4 is 76.6 Å². The highest BCUT2D eigenvalue weighted by molar-refractivity contribution is 6.12. The summed E-state index contributed by atoms with van der Waals surface area (Å²) < 4.78 is 143. The number of furan rings is 1. The molecule has 0 bridgehead atoms. The highest BCUT2D eigenvalue weighted by Gasteiger charge is 2.30. The summed E-state index contributed by atoms with van der Waals surface area (Å²) in [4.78, 5) is 4.96. The van der Waals surface area contributed by atoms with Gasteiger partial charge in [0.15, 0.2) is 0 Å². The van der Waals surface area contributed by atoms with E-state index in [0.717, 1.165) is 121 Å². The number of nitrogens with zero attached hydrogens (tertiary/aromatic N) is 5. The highest BCUT2D eigenvalue weighted by atomic mass is 16.5. The van der Waals surface area contributed by atoms with Crippen LogP contribution >= 0.6 is 0 Å². The SMILES string of the molecule is [2H]c1c([2H])c([2H])c(-c2c([2H])c(-c3ccc4c(c3)-c3cccc(-n5c6ccccc6c6ccccc65)c3-[n+]3[c-]n(-c5cccc(Oc6ccc7c8ccccc8n(-c8cc(C(C)(C)C)ccn8)c7c6)c5)c5cc(-c6ccc7oc8ccccc8c7c6)cc(c53)-c3ccccc3-4)c([2H])c(-c3c([2H])c([2H])c([2H])c([2H])c3[2H])c2[2H])c([2H])c1[2H]. The molecule has 0 radical (unpaired) electrons. The largest absolute Gasteiger partial charge is 0.458 e. The maximum atomic E-state index is 10.4. The molecule has 0 fully saturated rings. The van der Waals surface area contributed by atoms with E-state index in [9.17, 15) is 9.60 Å². The van der Waals surface area contributed by atoms with E-state index in [0.29, 0.717) is 39.6 Å². The lowest BCUT2D eigenvalue weighted by Gasteiger charge is -2.21. The summed E-state index contributed by atoms with van der Waals surface area (Å²) in [6, 6.07) is 72.5. The van der Waals surface area contributed by atoms with Crippen LogP contribution in [0.3, 0.4) is 0 Å². The van der Waals surface area contributed by atoms with E-state index in [1.54, 1.807) is 6.07 Å². The first-order chi connectivity index (χ1) is 55.1. The number of rotatable bonds is 9. The Labute approximate surface area is 601 Å². The third-order valence-electron chi connectivity index (χ3n) is 19.7. The van der Waals surface area contributed by atoms with Crippen molar-refractivity contribution in [3.8, 4) is 112 Å². The molecule has 19 aromatic rings. The summed E-state index contributed by atoms with van der Waals surface area (Å²) in [7, 11) is 0. The van der Waals surface area contributed by atoms with E-state index in [4.69, 9.17) is 22.4 Å². The lowest BCUT2D eigenvalue weighted by Crippen LogP contribution is -2.32. The molecule has 6 heterocycles. The second-order valence-electron chi connectivity index (χ2n) is 26.6. The third-order valence-corrected chi connectivity index (χ3v) is 19.7. The molecule has 7 nitrogen and oxygen atoms in total. The molecular weight excluding hydrogens is 1230 g/mol. The van der Waals surface area contributed by atoms with Gasteiger partial charge in [0.2, 0.25) is 0 Å². The van der Waals surface area contributed by atoms with Gasteiger partial charge in [0, 0.05) is 44.6 Å². The van der Waals surface area contributed by atoms with Crippen LogP contribution in [0.25, 0.3) is 177 Å². The van der Waals surface area contributed by atoms with Crippen LogP contribution in [0, 0.1) is 6.33 Å². The van der Waals surface area contributed by atoms with Crippen LogP contribution in [0.1, 0.15) is 44.2 Å². The van der Waals surface area contributed by atoms with Gasteiger partial charge in [-0.05, 0) is 204 Å². The molecule has 0 saturated heterocycles. The maximum absolute atomic E-state index is 10.4. The molecule has 0 saturated carbocycles. The molecule has 1 aliphatic rings. The van der Waals surface area contributed by atoms with E-state index in [-0.39, 0.29) is 16.5 Å². The first-order valence-electron chi connectivity index (χ1n) is 40.0. The van der Waals surface area contributed by atoms with E-state index < -0.39 is 101 Å². The smallest absolute Gasteiger partial charge is 0.269 e. The second kappa shape index (κ2) is 22.7. The zero-order chi connectivity index (χ0) is 78.3. The van der Waals surface area contributed by atoms with Crippen molar-refractivity contribution in [1.82, 2.24) is 18.7 Å². The average molecular weight is 1310 g/mol. The van der Waals surface area contributed by atoms with Gasteiger partial charge in [0.05, 0.1) is 68.0 Å². The molecule has 0 N–H and O–H groups in total. The van der Waals surface area contributed by atoms with Crippen molar-refractivity contribution in [3.63, 3.8) is 0 Å². The summed E-state index contributed by atoms with van der Waals surface area (Å²) in [6.07, 6.45) is 5.90. The molecule has 0 aliphatic carbocycles. The van der Waals surface area contributed by atoms with Gasteiger partial charge in [0.25, 0.3) is 6.33 Å². The van der Waals surface area contributed by atoms with Crippen LogP contribution in [0.5, 0.6) is 11.5 Å². The normalized spacial score (nSPS) is 13.9. The maximum Gasteiger partial charge on any atom is 0.269 e. The van der Waals surface area contributed by atoms with Crippen molar-refractivity contribution < 1.29 is 31.5 Å². The third kappa shape index (κ3) is 9.49. The predicted octanol–water partition coefficient (Wildman–Crippen LogP) is 24.3. The summed E-state index contributed by atoms with van der Waals surface area (Å²) in [6.45, 7) is 6.59. The number of pyridine rings is 1. The van der Waals surface area contributed by atoms with Gasteiger partial charge in [0.1, 0.15) is 28.5 Å². The molecule has 0 spiro atoms. The molecular formula is C94H63N5O2. The quantitative estimate of drug-likeness (QED) is 0.107. The molecule has 14 aromatic carbocycles. The standard InChI is InChI=1S/C94H63N5O2/c1-94(2,3)67-46-47-95-91(55-67)99-85-37-18-14-32-76(85)77-44-42-70(57-87(77)99)100-69-27-20-26-68(56-69)96-58-97-92-79(34-21-38-86(92)98-83-35-16-12-30-74(83)75-31-13-17-36-84(75)98)80-51-61(65-49-63(59-22-6-4-7-23-59)48-64(50-65)60-24-8-5-9-25-60)40-43-73(80)71-28-10-11-29-72(71)82-53-66(54-88(96)93(82)97)62-41-45-90-81(52-62)78-33-15-19-39-89(78)101-90/h4-57H,1-3H3/i4D,5D,6D,7D,8D,9D,22D,23D,24D,25D,48D,49D,50D. The molecule has 476 valence electrons. The van der Waals surface area contributed by atoms with Gasteiger partial charge in [-0.3, -0.25) is 13.7 Å². The van der Waals surface area contributed by atoms with Crippen LogP contribution in [0.15, 0.2) is 332 Å². The molecule has 0 amide bonds. The molecule has 20 rings (SSSR count). The van der Waals surface area contributed by atoms with E-state index in [1.807, 2.05) is 128 Å². The molecule has 5 aromatic heterocycles. The zero-order valence-electron chi connectivity index (χ0n) is 67.7. The Balaban J connectivity index is 0.879. The summed E-state index contributed by atoms with van der Waals surface area (Å²) in [5.74, 6) is 1.93. The number of fused-ring (bicyclic) bond motifs is 16. The summed E-state index contributed by atoms with van der Waals surface area (Å²) >= 11 is 0. The van der Waals surface area contributed by atoms with Gasteiger partial charge in [-0.1, -0.05) is 221 Å². The predicted molar refractivity (Wildman–Crippen MR) is 414 cm³/mol. The molecule has 7 heteroatoms. The Hall–Kier alpha value is -13.1. The summed E-state index contributed by atoms with van der Waals surface area (Å²) in [5, 5.41) is 6.04. The Morgan fingerprint density at radius 3 is 1.67 bits per heavy atom. The van der Waals surface area contributed by atoms with Gasteiger partial charge in [-0.15, -0.1) is 0 Å². The molecule has 0 atom stereocenters. The fourth-order valence-corrected chi connectivity index (χ4v) is 15.0. The lowest BCUT2D eigenvalue weighted by atomic mass is 9.86. The molecule has 0 unspecified atom stereocenters. The first-order valence-corrected chi connectivity index (χ1v) is 33.5. The van der Waals surface area contributed by atoms with Crippen molar-refractivity contribution in [2.45, 2.75) is 26.2 Å². The Bertz CT molecular complexity index is 7240. The minimum Gasteiger partial charge on any atom is -0.458 e. The molecule has 1 aliphatic heterocycles. The number of benzene rings is 14. The van der Waals surface area contributed by atoms with E-state index >= 15 is 0 Å². The lowest BCUT2D eigenvalue weighted by molar-refractivity contribution is -0.571. The monoisotopic (exact) mass is 1310 g/mol. The van der Waals surface area contributed by atoms with Crippen molar-refractivity contribution in [1.29, 1.82) is 0 Å². The van der Waals surface area contributed by atoms with Crippen molar-refractivity contribution in [2.75, 3.05) is 0 Å². The minimum absolute atomic E-state index is 0.132. The van der Waals surface area contributed by atoms with Gasteiger partial charge in [-0.25, -0.2) is 4.98 Å². The number of imidazole rings is 1. The van der Waals surface area contributed by atoms with E-state index in [2.05, 4.69) is 161 Å². The first kappa shape index (κ1) is 46.2. The Kier molecular flexibility index (Phi) is 10.4. The fourth-order valence-electron chi connectivity index (χ4n) is 15.0. The van der Waals surface area contributed by atoms with Gasteiger partial charge in [-0.2, -0.15) is 0 Å². The van der Waals surface area contributed by atoms with Crippen LogP contribution in [0.2, 0.25) is 0 Å². The topological polar surface area (TPSA) is 53.9 Å². The highest BCUT2D eigenvalue weighted by Crippen LogP contribution is 2.49.